The molecule has 0 unspecified atom stereocenters. The van der Waals surface area contributed by atoms with Crippen molar-refractivity contribution in [1.82, 2.24) is 0 Å². The van der Waals surface area contributed by atoms with E-state index >= 15 is 0 Å². The van der Waals surface area contributed by atoms with Crippen LogP contribution in [0.3, 0.4) is 0 Å². The Labute approximate surface area is 253 Å². The van der Waals surface area contributed by atoms with Crippen molar-refractivity contribution in [3.8, 4) is 34.5 Å². The van der Waals surface area contributed by atoms with Gasteiger partial charge in [-0.2, -0.15) is 0 Å². The molecule has 0 saturated carbocycles. The summed E-state index contributed by atoms with van der Waals surface area (Å²) >= 11 is 0. The maximum Gasteiger partial charge on any atom is 0.161 e. The van der Waals surface area contributed by atoms with Gasteiger partial charge in [-0.05, 0) is 94.5 Å². The fraction of sp³-hybridized carbons (Fsp3) is 0.351. The van der Waals surface area contributed by atoms with Gasteiger partial charge in [-0.15, -0.1) is 0 Å². The van der Waals surface area contributed by atoms with E-state index in [9.17, 15) is 10.2 Å². The van der Waals surface area contributed by atoms with Gasteiger partial charge in [-0.1, -0.05) is 64.1 Å². The van der Waals surface area contributed by atoms with E-state index in [1.54, 1.807) is 0 Å². The largest absolute Gasteiger partial charge is 0.504 e. The zero-order valence-corrected chi connectivity index (χ0v) is 25.4. The molecule has 0 atom stereocenters. The number of phenolic OH excluding ortho intramolecular Hbond substituents is 2. The van der Waals surface area contributed by atoms with Crippen LogP contribution in [0.2, 0.25) is 0 Å². The van der Waals surface area contributed by atoms with Gasteiger partial charge in [0.05, 0.1) is 0 Å². The summed E-state index contributed by atoms with van der Waals surface area (Å²) < 4.78 is 23.5. The lowest BCUT2D eigenvalue weighted by Gasteiger charge is -2.30. The molecule has 224 valence electrons. The molecule has 0 saturated heterocycles. The van der Waals surface area contributed by atoms with E-state index in [-0.39, 0.29) is 27.7 Å². The SMILES string of the molecule is CC1(C)CC2(CC(C)(C)c3cc(OCCOc4ccccc4)c(O)cc32)c2cc(O)c(OCCOc3ccccc3)cc21. The highest BCUT2D eigenvalue weighted by Gasteiger charge is 2.57. The first kappa shape index (κ1) is 28.8. The minimum Gasteiger partial charge on any atom is -0.504 e. The van der Waals surface area contributed by atoms with Crippen LogP contribution in [0.25, 0.3) is 0 Å². The Balaban J connectivity index is 1.23. The number of fused-ring (bicyclic) bond motifs is 4. The van der Waals surface area contributed by atoms with E-state index in [4.69, 9.17) is 18.9 Å². The molecule has 0 radical (unpaired) electrons. The number of ether oxygens (including phenoxy) is 4. The molecule has 0 fully saturated rings. The van der Waals surface area contributed by atoms with Crippen molar-refractivity contribution in [1.29, 1.82) is 0 Å². The highest BCUT2D eigenvalue weighted by Crippen LogP contribution is 2.64. The van der Waals surface area contributed by atoms with Gasteiger partial charge < -0.3 is 29.2 Å². The summed E-state index contributed by atoms with van der Waals surface area (Å²) in [6.07, 6.45) is 1.71. The predicted octanol–water partition coefficient (Wildman–Crippen LogP) is 7.66. The fourth-order valence-corrected chi connectivity index (χ4v) is 7.22. The molecule has 6 nitrogen and oxygen atoms in total. The zero-order valence-electron chi connectivity index (χ0n) is 25.4. The third kappa shape index (κ3) is 5.47. The summed E-state index contributed by atoms with van der Waals surface area (Å²) in [7, 11) is 0. The van der Waals surface area contributed by atoms with E-state index in [2.05, 4.69) is 27.7 Å². The lowest BCUT2D eigenvalue weighted by Crippen LogP contribution is -2.26. The number of para-hydroxylation sites is 2. The first-order valence-electron chi connectivity index (χ1n) is 15.0. The Hall–Kier alpha value is -4.32. The molecule has 2 aliphatic carbocycles. The summed E-state index contributed by atoms with van der Waals surface area (Å²) in [4.78, 5) is 0. The molecule has 0 aromatic heterocycles. The second-order valence-corrected chi connectivity index (χ2v) is 13.0. The highest BCUT2D eigenvalue weighted by atomic mass is 16.5. The zero-order chi connectivity index (χ0) is 30.2. The molecule has 2 N–H and O–H groups in total. The van der Waals surface area contributed by atoms with Gasteiger partial charge in [0.1, 0.15) is 37.9 Å². The van der Waals surface area contributed by atoms with Gasteiger partial charge in [0.15, 0.2) is 23.0 Å². The smallest absolute Gasteiger partial charge is 0.161 e. The van der Waals surface area contributed by atoms with E-state index < -0.39 is 0 Å². The molecule has 4 aromatic carbocycles. The number of benzene rings is 4. The summed E-state index contributed by atoms with van der Waals surface area (Å²) in [5.74, 6) is 2.72. The van der Waals surface area contributed by atoms with Gasteiger partial charge in [0.25, 0.3) is 0 Å². The number of hydrogen-bond donors (Lipinski definition) is 2. The Morgan fingerprint density at radius 3 is 1.28 bits per heavy atom. The molecule has 0 amide bonds. The number of rotatable bonds is 10. The van der Waals surface area contributed by atoms with E-state index in [0.29, 0.717) is 37.9 Å². The minimum atomic E-state index is -0.351. The third-order valence-corrected chi connectivity index (χ3v) is 8.88. The van der Waals surface area contributed by atoms with Crippen molar-refractivity contribution >= 4 is 0 Å². The highest BCUT2D eigenvalue weighted by molar-refractivity contribution is 5.65. The standard InChI is InChI=1S/C37H40O6/c1-35(2)23-37(29-19-31(38)33(21-27(29)35)42-17-15-40-25-11-7-5-8-12-25)24-36(3,4)28-22-34(32(39)20-30(28)37)43-18-16-41-26-13-9-6-10-14-26/h5-14,19-22,38-39H,15-18,23-24H2,1-4H3. The maximum absolute atomic E-state index is 11.1. The monoisotopic (exact) mass is 580 g/mol. The van der Waals surface area contributed by atoms with Crippen LogP contribution in [0.4, 0.5) is 0 Å². The van der Waals surface area contributed by atoms with Gasteiger partial charge in [0.2, 0.25) is 0 Å². The maximum atomic E-state index is 11.1. The molecule has 1 spiro atoms. The van der Waals surface area contributed by atoms with Crippen LogP contribution in [0.15, 0.2) is 84.9 Å². The van der Waals surface area contributed by atoms with Crippen molar-refractivity contribution in [2.45, 2.75) is 56.8 Å². The quantitative estimate of drug-likeness (QED) is 0.188. The fourth-order valence-electron chi connectivity index (χ4n) is 7.22. The Bertz CT molecular complexity index is 1470. The average Bonchev–Trinajstić information content (AvgIpc) is 3.33. The van der Waals surface area contributed by atoms with Crippen LogP contribution >= 0.6 is 0 Å². The van der Waals surface area contributed by atoms with Gasteiger partial charge in [-0.25, -0.2) is 0 Å². The van der Waals surface area contributed by atoms with Crippen molar-refractivity contribution in [3.63, 3.8) is 0 Å². The van der Waals surface area contributed by atoms with Crippen LogP contribution in [0.1, 0.15) is 62.8 Å². The number of aromatic hydroxyl groups is 2. The molecule has 0 bridgehead atoms. The lowest BCUT2D eigenvalue weighted by molar-refractivity contribution is 0.212. The number of hydrogen-bond acceptors (Lipinski definition) is 6. The Kier molecular flexibility index (Phi) is 7.41. The molecule has 43 heavy (non-hydrogen) atoms. The van der Waals surface area contributed by atoms with Gasteiger partial charge in [-0.3, -0.25) is 0 Å². The van der Waals surface area contributed by atoms with Crippen molar-refractivity contribution in [3.05, 3.63) is 107 Å². The minimum absolute atomic E-state index is 0.115. The average molecular weight is 581 g/mol. The van der Waals surface area contributed by atoms with Crippen molar-refractivity contribution < 1.29 is 29.2 Å². The van der Waals surface area contributed by atoms with Crippen molar-refractivity contribution in [2.24, 2.45) is 0 Å². The normalized spacial score (nSPS) is 16.8. The summed E-state index contributed by atoms with van der Waals surface area (Å²) in [5, 5.41) is 22.3. The molecular weight excluding hydrogens is 540 g/mol. The van der Waals surface area contributed by atoms with Gasteiger partial charge in [0, 0.05) is 5.41 Å². The van der Waals surface area contributed by atoms with Crippen LogP contribution < -0.4 is 18.9 Å². The van der Waals surface area contributed by atoms with E-state index in [0.717, 1.165) is 46.6 Å². The van der Waals surface area contributed by atoms with Crippen LogP contribution in [-0.2, 0) is 16.2 Å². The Morgan fingerprint density at radius 2 is 0.884 bits per heavy atom. The Morgan fingerprint density at radius 1 is 0.512 bits per heavy atom. The first-order valence-corrected chi connectivity index (χ1v) is 15.0. The van der Waals surface area contributed by atoms with Crippen LogP contribution in [0, 0.1) is 0 Å². The van der Waals surface area contributed by atoms with Gasteiger partial charge >= 0.3 is 0 Å². The molecule has 0 heterocycles. The second-order valence-electron chi connectivity index (χ2n) is 13.0. The molecule has 4 aromatic rings. The topological polar surface area (TPSA) is 77.4 Å². The second kappa shape index (κ2) is 11.1. The lowest BCUT2D eigenvalue weighted by atomic mass is 9.72. The molecule has 6 rings (SSSR count). The molecule has 0 aliphatic heterocycles. The summed E-state index contributed by atoms with van der Waals surface area (Å²) in [6, 6.07) is 27.0. The predicted molar refractivity (Wildman–Crippen MR) is 167 cm³/mol. The first-order chi connectivity index (χ1) is 20.6. The molecule has 2 aliphatic rings. The summed E-state index contributed by atoms with van der Waals surface area (Å²) in [6.45, 7) is 10.4. The number of phenols is 2. The van der Waals surface area contributed by atoms with E-state index in [1.807, 2.05) is 84.9 Å². The van der Waals surface area contributed by atoms with Crippen molar-refractivity contribution in [2.75, 3.05) is 26.4 Å². The van der Waals surface area contributed by atoms with E-state index in [1.165, 1.54) is 0 Å². The van der Waals surface area contributed by atoms with Crippen LogP contribution in [0.5, 0.6) is 34.5 Å². The molecule has 6 heteroatoms. The molecular formula is C37H40O6. The van der Waals surface area contributed by atoms with Crippen LogP contribution in [-0.4, -0.2) is 36.6 Å². The third-order valence-electron chi connectivity index (χ3n) is 8.88. The summed E-state index contributed by atoms with van der Waals surface area (Å²) in [5.41, 5.74) is 3.82.